The lowest BCUT2D eigenvalue weighted by Gasteiger charge is -2.11. The minimum atomic E-state index is -0.364. The fourth-order valence-corrected chi connectivity index (χ4v) is 1.87. The summed E-state index contributed by atoms with van der Waals surface area (Å²) in [7, 11) is 0. The van der Waals surface area contributed by atoms with Gasteiger partial charge in [0.1, 0.15) is 0 Å². The molecule has 3 N–H and O–H groups in total. The number of carbonyl (C=O) groups excluding carboxylic acids is 2. The molecule has 0 aromatic rings. The Labute approximate surface area is 96.6 Å². The second kappa shape index (κ2) is 7.22. The van der Waals surface area contributed by atoms with Crippen LogP contribution in [0.1, 0.15) is 32.6 Å². The number of unbranched alkanes of at least 4 members (excludes halogenated alkanes) is 1. The maximum absolute atomic E-state index is 11.4. The van der Waals surface area contributed by atoms with Crippen LogP contribution in [0.2, 0.25) is 0 Å². The van der Waals surface area contributed by atoms with E-state index in [1.807, 2.05) is 0 Å². The maximum atomic E-state index is 11.4. The van der Waals surface area contributed by atoms with Crippen LogP contribution in [-0.4, -0.2) is 38.1 Å². The Hall–Kier alpha value is -1.10. The van der Waals surface area contributed by atoms with Crippen LogP contribution in [-0.2, 0) is 4.79 Å². The molecule has 0 radical (unpaired) electrons. The molecule has 0 bridgehead atoms. The van der Waals surface area contributed by atoms with Crippen molar-refractivity contribution in [1.29, 1.82) is 0 Å². The molecule has 0 atom stereocenters. The number of carbonyl (C=O) groups is 2. The Bertz CT molecular complexity index is 237. The second-order valence-electron chi connectivity index (χ2n) is 4.29. The Morgan fingerprint density at radius 1 is 1.25 bits per heavy atom. The summed E-state index contributed by atoms with van der Waals surface area (Å²) in [6, 6.07) is -0.364. The lowest BCUT2D eigenvalue weighted by Crippen LogP contribution is -3.11. The molecule has 1 heterocycles. The highest BCUT2D eigenvalue weighted by Gasteiger charge is 2.19. The number of likely N-dealkylation sites (tertiary alicyclic amines) is 1. The molecule has 0 aromatic carbocycles. The van der Waals surface area contributed by atoms with E-state index in [9.17, 15) is 9.59 Å². The van der Waals surface area contributed by atoms with Crippen LogP contribution < -0.4 is 15.5 Å². The van der Waals surface area contributed by atoms with Crippen LogP contribution in [0.5, 0.6) is 0 Å². The minimum Gasteiger partial charge on any atom is -0.338 e. The van der Waals surface area contributed by atoms with Crippen molar-refractivity contribution in [2.24, 2.45) is 0 Å². The molecular formula is C11H22N3O2+. The summed E-state index contributed by atoms with van der Waals surface area (Å²) in [6.45, 7) is 5.20. The first kappa shape index (κ1) is 13.0. The number of amides is 3. The zero-order valence-corrected chi connectivity index (χ0v) is 9.97. The quantitative estimate of drug-likeness (QED) is 0.544. The summed E-state index contributed by atoms with van der Waals surface area (Å²) in [5.74, 6) is -0.175. The summed E-state index contributed by atoms with van der Waals surface area (Å²) < 4.78 is 0. The molecule has 5 heteroatoms. The molecular weight excluding hydrogens is 206 g/mol. The van der Waals surface area contributed by atoms with Gasteiger partial charge in [0.2, 0.25) is 0 Å². The number of imide groups is 1. The van der Waals surface area contributed by atoms with Gasteiger partial charge in [-0.3, -0.25) is 10.1 Å². The van der Waals surface area contributed by atoms with E-state index in [0.29, 0.717) is 13.1 Å². The first-order valence-electron chi connectivity index (χ1n) is 6.13. The molecule has 1 rings (SSSR count). The number of quaternary nitrogens is 1. The second-order valence-corrected chi connectivity index (χ2v) is 4.29. The van der Waals surface area contributed by atoms with Gasteiger partial charge in [-0.1, -0.05) is 13.3 Å². The van der Waals surface area contributed by atoms with Crippen LogP contribution >= 0.6 is 0 Å². The first-order valence-corrected chi connectivity index (χ1v) is 6.13. The third-order valence-corrected chi connectivity index (χ3v) is 2.79. The van der Waals surface area contributed by atoms with E-state index in [1.54, 1.807) is 0 Å². The third kappa shape index (κ3) is 5.11. The SMILES string of the molecule is CCCCNC(=O)NC(=O)C[NH+]1CCCC1. The van der Waals surface area contributed by atoms with Gasteiger partial charge in [-0.15, -0.1) is 0 Å². The van der Waals surface area contributed by atoms with Crippen molar-refractivity contribution < 1.29 is 14.5 Å². The lowest BCUT2D eigenvalue weighted by molar-refractivity contribution is -0.879. The van der Waals surface area contributed by atoms with Crippen molar-refractivity contribution in [2.45, 2.75) is 32.6 Å². The standard InChI is InChI=1S/C11H21N3O2/c1-2-3-6-12-11(16)13-10(15)9-14-7-4-5-8-14/h2-9H2,1H3,(H2,12,13,15,16)/p+1. The van der Waals surface area contributed by atoms with Crippen molar-refractivity contribution in [3.05, 3.63) is 0 Å². The zero-order chi connectivity index (χ0) is 11.8. The summed E-state index contributed by atoms with van der Waals surface area (Å²) in [5, 5.41) is 5.02. The largest absolute Gasteiger partial charge is 0.338 e. The maximum Gasteiger partial charge on any atom is 0.321 e. The summed E-state index contributed by atoms with van der Waals surface area (Å²) >= 11 is 0. The average Bonchev–Trinajstić information content (AvgIpc) is 2.70. The van der Waals surface area contributed by atoms with Gasteiger partial charge in [-0.05, 0) is 6.42 Å². The van der Waals surface area contributed by atoms with Crippen molar-refractivity contribution in [1.82, 2.24) is 10.6 Å². The van der Waals surface area contributed by atoms with Gasteiger partial charge < -0.3 is 10.2 Å². The molecule has 3 amide bonds. The summed E-state index contributed by atoms with van der Waals surface area (Å²) in [6.07, 6.45) is 4.35. The molecule has 0 unspecified atom stereocenters. The smallest absolute Gasteiger partial charge is 0.321 e. The van der Waals surface area contributed by atoms with E-state index in [-0.39, 0.29) is 11.9 Å². The molecule has 92 valence electrons. The summed E-state index contributed by atoms with van der Waals surface area (Å²) in [5.41, 5.74) is 0. The molecule has 0 aliphatic carbocycles. The van der Waals surface area contributed by atoms with E-state index in [4.69, 9.17) is 0 Å². The molecule has 5 nitrogen and oxygen atoms in total. The van der Waals surface area contributed by atoms with Gasteiger partial charge in [-0.2, -0.15) is 0 Å². The van der Waals surface area contributed by atoms with Crippen LogP contribution in [0.3, 0.4) is 0 Å². The average molecular weight is 228 g/mol. The highest BCUT2D eigenvalue weighted by Crippen LogP contribution is 1.87. The lowest BCUT2D eigenvalue weighted by atomic mass is 10.3. The van der Waals surface area contributed by atoms with Gasteiger partial charge in [0, 0.05) is 19.4 Å². The number of hydrogen-bond donors (Lipinski definition) is 3. The fourth-order valence-electron chi connectivity index (χ4n) is 1.87. The van der Waals surface area contributed by atoms with E-state index >= 15 is 0 Å². The molecule has 0 saturated carbocycles. The predicted molar refractivity (Wildman–Crippen MR) is 61.2 cm³/mol. The molecule has 1 saturated heterocycles. The number of urea groups is 1. The minimum absolute atomic E-state index is 0.175. The predicted octanol–water partition coefficient (Wildman–Crippen LogP) is -0.709. The van der Waals surface area contributed by atoms with Gasteiger partial charge in [0.15, 0.2) is 6.54 Å². The Kier molecular flexibility index (Phi) is 5.85. The van der Waals surface area contributed by atoms with E-state index in [2.05, 4.69) is 17.6 Å². The monoisotopic (exact) mass is 228 g/mol. The highest BCUT2D eigenvalue weighted by molar-refractivity contribution is 5.94. The van der Waals surface area contributed by atoms with Crippen LogP contribution in [0.25, 0.3) is 0 Å². The number of nitrogens with one attached hydrogen (secondary N) is 3. The molecule has 1 fully saturated rings. The summed E-state index contributed by atoms with van der Waals surface area (Å²) in [4.78, 5) is 24.0. The number of rotatable bonds is 5. The molecule has 0 aromatic heterocycles. The molecule has 16 heavy (non-hydrogen) atoms. The molecule has 0 spiro atoms. The Morgan fingerprint density at radius 3 is 2.56 bits per heavy atom. The first-order chi connectivity index (χ1) is 7.72. The Balaban J connectivity index is 2.10. The van der Waals surface area contributed by atoms with E-state index < -0.39 is 0 Å². The Morgan fingerprint density at radius 2 is 1.94 bits per heavy atom. The van der Waals surface area contributed by atoms with Crippen molar-refractivity contribution in [2.75, 3.05) is 26.2 Å². The van der Waals surface area contributed by atoms with Crippen LogP contribution in [0.4, 0.5) is 4.79 Å². The van der Waals surface area contributed by atoms with Crippen LogP contribution in [0.15, 0.2) is 0 Å². The van der Waals surface area contributed by atoms with Gasteiger partial charge in [0.05, 0.1) is 13.1 Å². The molecule has 1 aliphatic rings. The van der Waals surface area contributed by atoms with Crippen molar-refractivity contribution in [3.63, 3.8) is 0 Å². The van der Waals surface area contributed by atoms with Crippen molar-refractivity contribution >= 4 is 11.9 Å². The van der Waals surface area contributed by atoms with Gasteiger partial charge in [-0.25, -0.2) is 4.79 Å². The van der Waals surface area contributed by atoms with Crippen LogP contribution in [0, 0.1) is 0 Å². The topological polar surface area (TPSA) is 62.6 Å². The third-order valence-electron chi connectivity index (χ3n) is 2.79. The zero-order valence-electron chi connectivity index (χ0n) is 9.97. The van der Waals surface area contributed by atoms with E-state index in [0.717, 1.165) is 25.9 Å². The van der Waals surface area contributed by atoms with E-state index in [1.165, 1.54) is 17.7 Å². The van der Waals surface area contributed by atoms with Gasteiger partial charge in [0.25, 0.3) is 5.91 Å². The highest BCUT2D eigenvalue weighted by atomic mass is 16.2. The molecule has 1 aliphatic heterocycles. The normalized spacial score (nSPS) is 16.1. The fraction of sp³-hybridized carbons (Fsp3) is 0.818. The van der Waals surface area contributed by atoms with Gasteiger partial charge >= 0.3 is 6.03 Å². The number of hydrogen-bond acceptors (Lipinski definition) is 2. The van der Waals surface area contributed by atoms with Crippen molar-refractivity contribution in [3.8, 4) is 0 Å².